The molecule has 1 saturated heterocycles. The van der Waals surface area contributed by atoms with Crippen LogP contribution in [0, 0.1) is 5.82 Å². The lowest BCUT2D eigenvalue weighted by molar-refractivity contribution is -0.137. The fourth-order valence-corrected chi connectivity index (χ4v) is 3.03. The average Bonchev–Trinajstić information content (AvgIpc) is 2.90. The first-order chi connectivity index (χ1) is 12.4. The molecule has 0 aliphatic carbocycles. The van der Waals surface area contributed by atoms with Gasteiger partial charge < -0.3 is 10.2 Å². The topological polar surface area (TPSA) is 32.3 Å². The summed E-state index contributed by atoms with van der Waals surface area (Å²) >= 11 is 0. The highest BCUT2D eigenvalue weighted by atomic mass is 19.4. The number of hydrogen-bond donors (Lipinski definition) is 1. The number of nitrogens with zero attached hydrogens (tertiary/aromatic N) is 1. The highest BCUT2D eigenvalue weighted by Gasteiger charge is 2.31. The van der Waals surface area contributed by atoms with Gasteiger partial charge in [-0.3, -0.25) is 4.79 Å². The largest absolute Gasteiger partial charge is 0.416 e. The number of halogens is 4. The zero-order valence-corrected chi connectivity index (χ0v) is 13.9. The maximum atomic E-state index is 13.8. The Balaban J connectivity index is 2.02. The van der Waals surface area contributed by atoms with Crippen molar-refractivity contribution in [3.63, 3.8) is 0 Å². The lowest BCUT2D eigenvalue weighted by atomic mass is 9.97. The molecule has 1 fully saturated rings. The van der Waals surface area contributed by atoms with Crippen LogP contribution in [0.15, 0.2) is 42.5 Å². The van der Waals surface area contributed by atoms with Crippen LogP contribution in [0.5, 0.6) is 0 Å². The first-order valence-corrected chi connectivity index (χ1v) is 8.33. The molecule has 7 heteroatoms. The number of benzene rings is 2. The number of alkyl halides is 3. The predicted molar refractivity (Wildman–Crippen MR) is 90.2 cm³/mol. The summed E-state index contributed by atoms with van der Waals surface area (Å²) in [5.74, 6) is -0.974. The van der Waals surface area contributed by atoms with Gasteiger partial charge >= 0.3 is 6.18 Å². The van der Waals surface area contributed by atoms with Gasteiger partial charge in [0.1, 0.15) is 5.82 Å². The first kappa shape index (κ1) is 18.4. The number of nitrogens with one attached hydrogen (secondary N) is 1. The SMILES string of the molecule is O=C(c1cc(F)ccc1-c1cccc(C(F)(F)F)c1)N1CCCNCC1. The lowest BCUT2D eigenvalue weighted by Gasteiger charge is -2.22. The number of rotatable bonds is 2. The summed E-state index contributed by atoms with van der Waals surface area (Å²) < 4.78 is 52.8. The Bertz CT molecular complexity index is 796. The molecule has 3 nitrogen and oxygen atoms in total. The molecule has 26 heavy (non-hydrogen) atoms. The Hall–Kier alpha value is -2.41. The molecular formula is C19H18F4N2O. The van der Waals surface area contributed by atoms with Crippen LogP contribution in [0.25, 0.3) is 11.1 Å². The van der Waals surface area contributed by atoms with Gasteiger partial charge in [-0.15, -0.1) is 0 Å². The summed E-state index contributed by atoms with van der Waals surface area (Å²) in [6, 6.07) is 8.32. The monoisotopic (exact) mass is 366 g/mol. The molecule has 3 rings (SSSR count). The van der Waals surface area contributed by atoms with Gasteiger partial charge in [0, 0.05) is 19.6 Å². The summed E-state index contributed by atoms with van der Waals surface area (Å²) in [6.07, 6.45) is -3.73. The summed E-state index contributed by atoms with van der Waals surface area (Å²) in [6.45, 7) is 2.40. The van der Waals surface area contributed by atoms with Crippen molar-refractivity contribution < 1.29 is 22.4 Å². The molecule has 1 amide bonds. The Morgan fingerprint density at radius 1 is 1.04 bits per heavy atom. The van der Waals surface area contributed by atoms with Crippen LogP contribution in [-0.2, 0) is 6.18 Å². The molecule has 0 saturated carbocycles. The quantitative estimate of drug-likeness (QED) is 0.817. The van der Waals surface area contributed by atoms with E-state index in [1.807, 2.05) is 0 Å². The molecule has 0 radical (unpaired) electrons. The molecule has 138 valence electrons. The van der Waals surface area contributed by atoms with Crippen LogP contribution in [0.3, 0.4) is 0 Å². The third-order valence-electron chi connectivity index (χ3n) is 4.34. The Morgan fingerprint density at radius 3 is 2.62 bits per heavy atom. The van der Waals surface area contributed by atoms with Gasteiger partial charge in [-0.05, 0) is 48.4 Å². The van der Waals surface area contributed by atoms with Crippen molar-refractivity contribution >= 4 is 5.91 Å². The molecule has 1 aliphatic rings. The van der Waals surface area contributed by atoms with E-state index < -0.39 is 17.6 Å². The summed E-state index contributed by atoms with van der Waals surface area (Å²) in [5.41, 5.74) is -0.209. The van der Waals surface area contributed by atoms with E-state index in [2.05, 4.69) is 5.32 Å². The third kappa shape index (κ3) is 4.04. The normalized spacial score (nSPS) is 15.6. The number of carbonyl (C=O) groups is 1. The zero-order chi connectivity index (χ0) is 18.7. The maximum absolute atomic E-state index is 13.8. The van der Waals surface area contributed by atoms with Crippen molar-refractivity contribution in [3.8, 4) is 11.1 Å². The molecule has 2 aromatic rings. The summed E-state index contributed by atoms with van der Waals surface area (Å²) in [4.78, 5) is 14.5. The zero-order valence-electron chi connectivity index (χ0n) is 13.9. The van der Waals surface area contributed by atoms with E-state index in [1.165, 1.54) is 18.2 Å². The van der Waals surface area contributed by atoms with Crippen LogP contribution < -0.4 is 5.32 Å². The summed E-state index contributed by atoms with van der Waals surface area (Å²) in [5, 5.41) is 3.17. The van der Waals surface area contributed by atoms with Crippen molar-refractivity contribution in [2.45, 2.75) is 12.6 Å². The molecule has 1 heterocycles. The minimum Gasteiger partial charge on any atom is -0.337 e. The van der Waals surface area contributed by atoms with Gasteiger partial charge in [-0.1, -0.05) is 18.2 Å². The van der Waals surface area contributed by atoms with Gasteiger partial charge in [-0.2, -0.15) is 13.2 Å². The summed E-state index contributed by atoms with van der Waals surface area (Å²) in [7, 11) is 0. The standard InChI is InChI=1S/C19H18F4N2O/c20-15-5-6-16(13-3-1-4-14(11-13)19(21,22)23)17(12-15)18(26)25-9-2-7-24-8-10-25/h1,3-6,11-12,24H,2,7-10H2. The predicted octanol–water partition coefficient (Wildman–Crippen LogP) is 3.95. The molecule has 1 aliphatic heterocycles. The second kappa shape index (κ2) is 7.45. The Morgan fingerprint density at radius 2 is 1.85 bits per heavy atom. The van der Waals surface area contributed by atoms with E-state index in [0.717, 1.165) is 37.2 Å². The third-order valence-corrected chi connectivity index (χ3v) is 4.34. The van der Waals surface area contributed by atoms with Gasteiger partial charge in [0.2, 0.25) is 0 Å². The molecule has 0 bridgehead atoms. The van der Waals surface area contributed by atoms with E-state index in [4.69, 9.17) is 0 Å². The van der Waals surface area contributed by atoms with Crippen LogP contribution in [0.1, 0.15) is 22.3 Å². The van der Waals surface area contributed by atoms with E-state index in [0.29, 0.717) is 25.2 Å². The van der Waals surface area contributed by atoms with Crippen molar-refractivity contribution in [2.75, 3.05) is 26.2 Å². The minimum atomic E-state index is -4.49. The van der Waals surface area contributed by atoms with Gasteiger partial charge in [0.15, 0.2) is 0 Å². The van der Waals surface area contributed by atoms with Gasteiger partial charge in [-0.25, -0.2) is 4.39 Å². The van der Waals surface area contributed by atoms with Gasteiger partial charge in [0.05, 0.1) is 11.1 Å². The first-order valence-electron chi connectivity index (χ1n) is 8.33. The fourth-order valence-electron chi connectivity index (χ4n) is 3.03. The molecule has 1 N–H and O–H groups in total. The van der Waals surface area contributed by atoms with E-state index in [9.17, 15) is 22.4 Å². The number of carbonyl (C=O) groups excluding carboxylic acids is 1. The van der Waals surface area contributed by atoms with E-state index in [1.54, 1.807) is 4.90 Å². The van der Waals surface area contributed by atoms with Crippen LogP contribution in [-0.4, -0.2) is 37.0 Å². The average molecular weight is 366 g/mol. The van der Waals surface area contributed by atoms with Crippen molar-refractivity contribution in [1.82, 2.24) is 10.2 Å². The van der Waals surface area contributed by atoms with Crippen molar-refractivity contribution in [2.24, 2.45) is 0 Å². The Labute approximate surface area is 148 Å². The Kier molecular flexibility index (Phi) is 5.27. The fraction of sp³-hybridized carbons (Fsp3) is 0.316. The van der Waals surface area contributed by atoms with Crippen molar-refractivity contribution in [3.05, 3.63) is 59.4 Å². The van der Waals surface area contributed by atoms with Crippen LogP contribution >= 0.6 is 0 Å². The van der Waals surface area contributed by atoms with Crippen molar-refractivity contribution in [1.29, 1.82) is 0 Å². The molecule has 0 atom stereocenters. The van der Waals surface area contributed by atoms with Crippen LogP contribution in [0.4, 0.5) is 17.6 Å². The minimum absolute atomic E-state index is 0.0752. The van der Waals surface area contributed by atoms with Gasteiger partial charge in [0.25, 0.3) is 5.91 Å². The molecule has 2 aromatic carbocycles. The smallest absolute Gasteiger partial charge is 0.337 e. The van der Waals surface area contributed by atoms with E-state index >= 15 is 0 Å². The highest BCUT2D eigenvalue weighted by Crippen LogP contribution is 2.33. The lowest BCUT2D eigenvalue weighted by Crippen LogP contribution is -2.34. The maximum Gasteiger partial charge on any atom is 0.416 e. The molecular weight excluding hydrogens is 348 g/mol. The number of amides is 1. The van der Waals surface area contributed by atoms with E-state index in [-0.39, 0.29) is 17.0 Å². The number of hydrogen-bond acceptors (Lipinski definition) is 2. The molecule has 0 aromatic heterocycles. The second-order valence-corrected chi connectivity index (χ2v) is 6.16. The molecule has 0 spiro atoms. The second-order valence-electron chi connectivity index (χ2n) is 6.16. The highest BCUT2D eigenvalue weighted by molar-refractivity contribution is 6.01. The molecule has 0 unspecified atom stereocenters. The van der Waals surface area contributed by atoms with Crippen LogP contribution in [0.2, 0.25) is 0 Å².